The van der Waals surface area contributed by atoms with Gasteiger partial charge in [0.1, 0.15) is 0 Å². The van der Waals surface area contributed by atoms with Crippen molar-refractivity contribution in [3.05, 3.63) is 35.4 Å². The Bertz CT molecular complexity index is 348. The molecule has 0 aromatic heterocycles. The molecule has 2 nitrogen and oxygen atoms in total. The molecule has 0 fully saturated rings. The van der Waals surface area contributed by atoms with E-state index in [0.29, 0.717) is 25.9 Å². The fourth-order valence-corrected chi connectivity index (χ4v) is 1.52. The van der Waals surface area contributed by atoms with Gasteiger partial charge in [0.15, 0.2) is 0 Å². The summed E-state index contributed by atoms with van der Waals surface area (Å²) in [7, 11) is 0. The van der Waals surface area contributed by atoms with E-state index in [-0.39, 0.29) is 6.10 Å². The van der Waals surface area contributed by atoms with E-state index in [1.54, 1.807) is 0 Å². The van der Waals surface area contributed by atoms with Gasteiger partial charge in [-0.15, -0.1) is 0 Å². The van der Waals surface area contributed by atoms with Crippen molar-refractivity contribution in [1.29, 1.82) is 0 Å². The summed E-state index contributed by atoms with van der Waals surface area (Å²) in [5, 5.41) is 12.4. The molecular formula is C13H18F3NO. The lowest BCUT2D eigenvalue weighted by Crippen LogP contribution is -2.19. The zero-order valence-corrected chi connectivity index (χ0v) is 10.3. The first-order valence-corrected chi connectivity index (χ1v) is 5.98. The van der Waals surface area contributed by atoms with Crippen LogP contribution in [0.1, 0.15) is 30.9 Å². The third-order valence-electron chi connectivity index (χ3n) is 2.74. The van der Waals surface area contributed by atoms with Gasteiger partial charge in [-0.1, -0.05) is 19.1 Å². The lowest BCUT2D eigenvalue weighted by atomic mass is 10.1. The second kappa shape index (κ2) is 6.75. The normalized spacial score (nSPS) is 13.6. The van der Waals surface area contributed by atoms with Gasteiger partial charge in [0.2, 0.25) is 0 Å². The maximum Gasteiger partial charge on any atom is 0.416 e. The first-order chi connectivity index (χ1) is 8.43. The largest absolute Gasteiger partial charge is 0.416 e. The summed E-state index contributed by atoms with van der Waals surface area (Å²) >= 11 is 0. The molecule has 1 aromatic rings. The van der Waals surface area contributed by atoms with Crippen molar-refractivity contribution in [3.8, 4) is 0 Å². The molecule has 1 atom stereocenters. The molecule has 0 bridgehead atoms. The summed E-state index contributed by atoms with van der Waals surface area (Å²) in [5.74, 6) is 0. The highest BCUT2D eigenvalue weighted by atomic mass is 19.4. The molecule has 0 radical (unpaired) electrons. The van der Waals surface area contributed by atoms with Crippen LogP contribution in [0.4, 0.5) is 13.2 Å². The molecule has 1 aromatic carbocycles. The Hall–Kier alpha value is -1.07. The van der Waals surface area contributed by atoms with Crippen molar-refractivity contribution in [2.75, 3.05) is 6.54 Å². The summed E-state index contributed by atoms with van der Waals surface area (Å²) in [6.45, 7) is 3.06. The highest BCUT2D eigenvalue weighted by molar-refractivity contribution is 5.24. The highest BCUT2D eigenvalue weighted by Gasteiger charge is 2.29. The third kappa shape index (κ3) is 5.06. The minimum atomic E-state index is -4.28. The van der Waals surface area contributed by atoms with Crippen LogP contribution >= 0.6 is 0 Å². The zero-order valence-electron chi connectivity index (χ0n) is 10.3. The minimum Gasteiger partial charge on any atom is -0.393 e. The molecular weight excluding hydrogens is 243 g/mol. The summed E-state index contributed by atoms with van der Waals surface area (Å²) in [4.78, 5) is 0. The molecule has 0 aliphatic carbocycles. The number of hydrogen-bond acceptors (Lipinski definition) is 2. The van der Waals surface area contributed by atoms with Gasteiger partial charge in [0.05, 0.1) is 11.7 Å². The van der Waals surface area contributed by atoms with Gasteiger partial charge >= 0.3 is 6.18 Å². The first kappa shape index (κ1) is 15.0. The summed E-state index contributed by atoms with van der Waals surface area (Å²) in [5.41, 5.74) is 0.168. The number of hydrogen-bond donors (Lipinski definition) is 2. The molecule has 0 aliphatic rings. The molecule has 0 aliphatic heterocycles. The number of aliphatic hydroxyl groups is 1. The van der Waals surface area contributed by atoms with Crippen LogP contribution < -0.4 is 5.32 Å². The van der Waals surface area contributed by atoms with Gasteiger partial charge in [-0.2, -0.15) is 13.2 Å². The molecule has 1 rings (SSSR count). The van der Waals surface area contributed by atoms with Crippen LogP contribution in [-0.2, 0) is 12.7 Å². The Kier molecular flexibility index (Phi) is 5.62. The van der Waals surface area contributed by atoms with Gasteiger partial charge < -0.3 is 10.4 Å². The Balaban J connectivity index is 2.36. The number of alkyl halides is 3. The smallest absolute Gasteiger partial charge is 0.393 e. The maximum absolute atomic E-state index is 12.3. The Morgan fingerprint density at radius 3 is 2.33 bits per heavy atom. The van der Waals surface area contributed by atoms with E-state index in [2.05, 4.69) is 5.32 Å². The maximum atomic E-state index is 12.3. The van der Waals surface area contributed by atoms with Crippen LogP contribution in [0.3, 0.4) is 0 Å². The molecule has 0 saturated carbocycles. The fourth-order valence-electron chi connectivity index (χ4n) is 1.52. The molecule has 18 heavy (non-hydrogen) atoms. The van der Waals surface area contributed by atoms with Crippen molar-refractivity contribution in [2.45, 2.75) is 38.6 Å². The van der Waals surface area contributed by atoms with Crippen molar-refractivity contribution in [2.24, 2.45) is 0 Å². The van der Waals surface area contributed by atoms with Crippen LogP contribution in [0.5, 0.6) is 0 Å². The van der Waals surface area contributed by atoms with Crippen LogP contribution in [0.25, 0.3) is 0 Å². The van der Waals surface area contributed by atoms with E-state index in [4.69, 9.17) is 0 Å². The summed E-state index contributed by atoms with van der Waals surface area (Å²) in [6.07, 6.45) is -3.24. The summed E-state index contributed by atoms with van der Waals surface area (Å²) in [6, 6.07) is 5.09. The van der Waals surface area contributed by atoms with Crippen LogP contribution in [0.2, 0.25) is 0 Å². The zero-order chi connectivity index (χ0) is 13.6. The quantitative estimate of drug-likeness (QED) is 0.772. The van der Waals surface area contributed by atoms with E-state index >= 15 is 0 Å². The number of halogens is 3. The van der Waals surface area contributed by atoms with E-state index in [0.717, 1.165) is 17.7 Å². The molecule has 0 spiro atoms. The molecule has 102 valence electrons. The van der Waals surface area contributed by atoms with Crippen LogP contribution in [0, 0.1) is 0 Å². The lowest BCUT2D eigenvalue weighted by Gasteiger charge is -2.10. The van der Waals surface area contributed by atoms with Crippen molar-refractivity contribution < 1.29 is 18.3 Å². The molecule has 1 unspecified atom stereocenters. The number of benzene rings is 1. The third-order valence-corrected chi connectivity index (χ3v) is 2.74. The average Bonchev–Trinajstić information content (AvgIpc) is 2.33. The summed E-state index contributed by atoms with van der Waals surface area (Å²) < 4.78 is 36.9. The molecule has 0 amide bonds. The standard InChI is InChI=1S/C13H18F3NO/c1-2-12(18)7-8-17-9-10-3-5-11(6-4-10)13(14,15)16/h3-6,12,17-18H,2,7-9H2,1H3. The minimum absolute atomic E-state index is 0.315. The van der Waals surface area contributed by atoms with Gasteiger partial charge in [0.25, 0.3) is 0 Å². The van der Waals surface area contributed by atoms with E-state index in [1.165, 1.54) is 12.1 Å². The van der Waals surface area contributed by atoms with Crippen molar-refractivity contribution in [1.82, 2.24) is 5.32 Å². The fraction of sp³-hybridized carbons (Fsp3) is 0.538. The van der Waals surface area contributed by atoms with Gasteiger partial charge in [-0.3, -0.25) is 0 Å². The number of rotatable bonds is 6. The van der Waals surface area contributed by atoms with Gasteiger partial charge in [-0.05, 0) is 37.1 Å². The Morgan fingerprint density at radius 1 is 1.22 bits per heavy atom. The highest BCUT2D eigenvalue weighted by Crippen LogP contribution is 2.28. The monoisotopic (exact) mass is 261 g/mol. The SMILES string of the molecule is CCC(O)CCNCc1ccc(C(F)(F)F)cc1. The Morgan fingerprint density at radius 2 is 1.83 bits per heavy atom. The van der Waals surface area contributed by atoms with Gasteiger partial charge in [0, 0.05) is 6.54 Å². The van der Waals surface area contributed by atoms with E-state index in [1.807, 2.05) is 6.92 Å². The topological polar surface area (TPSA) is 32.3 Å². The van der Waals surface area contributed by atoms with Crippen LogP contribution in [-0.4, -0.2) is 17.8 Å². The number of aliphatic hydroxyl groups excluding tert-OH is 1. The molecule has 0 saturated heterocycles. The predicted octanol–water partition coefficient (Wildman–Crippen LogP) is 2.96. The van der Waals surface area contributed by atoms with Crippen molar-refractivity contribution >= 4 is 0 Å². The van der Waals surface area contributed by atoms with E-state index in [9.17, 15) is 18.3 Å². The second-order valence-electron chi connectivity index (χ2n) is 4.22. The second-order valence-corrected chi connectivity index (χ2v) is 4.22. The lowest BCUT2D eigenvalue weighted by molar-refractivity contribution is -0.137. The van der Waals surface area contributed by atoms with Crippen LogP contribution in [0.15, 0.2) is 24.3 Å². The van der Waals surface area contributed by atoms with Gasteiger partial charge in [-0.25, -0.2) is 0 Å². The van der Waals surface area contributed by atoms with E-state index < -0.39 is 11.7 Å². The molecule has 0 heterocycles. The number of nitrogens with one attached hydrogen (secondary N) is 1. The average molecular weight is 261 g/mol. The molecule has 2 N–H and O–H groups in total. The molecule has 5 heteroatoms. The Labute approximate surface area is 105 Å². The first-order valence-electron chi connectivity index (χ1n) is 5.98. The predicted molar refractivity (Wildman–Crippen MR) is 64.1 cm³/mol. The van der Waals surface area contributed by atoms with Crippen molar-refractivity contribution in [3.63, 3.8) is 0 Å².